The second kappa shape index (κ2) is 9.21. The number of carbonyl (C=O) groups excluding carboxylic acids is 1. The minimum Gasteiger partial charge on any atom is -0.426 e. The number of esters is 1. The van der Waals surface area contributed by atoms with Crippen molar-refractivity contribution in [2.75, 3.05) is 0 Å². The predicted molar refractivity (Wildman–Crippen MR) is 95.4 cm³/mol. The molecule has 0 fully saturated rings. The average Bonchev–Trinajstić information content (AvgIpc) is 2.62. The SMILES string of the molecule is CCC(=O)OC(=CC=CC=Cc1ccccc1)c1ccccc1. The highest BCUT2D eigenvalue weighted by molar-refractivity contribution is 5.78. The quantitative estimate of drug-likeness (QED) is 0.414. The summed E-state index contributed by atoms with van der Waals surface area (Å²) in [7, 11) is 0. The fraction of sp³-hybridized carbons (Fsp3) is 0.0952. The highest BCUT2D eigenvalue weighted by Crippen LogP contribution is 2.16. The third kappa shape index (κ3) is 5.79. The van der Waals surface area contributed by atoms with Gasteiger partial charge in [0, 0.05) is 12.0 Å². The number of hydrogen-bond donors (Lipinski definition) is 0. The summed E-state index contributed by atoms with van der Waals surface area (Å²) in [6.45, 7) is 1.78. The fourth-order valence-electron chi connectivity index (χ4n) is 1.92. The third-order valence-electron chi connectivity index (χ3n) is 3.13. The van der Waals surface area contributed by atoms with Crippen molar-refractivity contribution in [1.29, 1.82) is 0 Å². The molecule has 116 valence electrons. The molecule has 2 aromatic carbocycles. The van der Waals surface area contributed by atoms with E-state index in [-0.39, 0.29) is 5.97 Å². The molecule has 0 saturated heterocycles. The first-order valence-electron chi connectivity index (χ1n) is 7.66. The first kappa shape index (κ1) is 16.5. The summed E-state index contributed by atoms with van der Waals surface area (Å²) in [4.78, 5) is 11.6. The number of hydrogen-bond acceptors (Lipinski definition) is 2. The highest BCUT2D eigenvalue weighted by Gasteiger charge is 2.06. The van der Waals surface area contributed by atoms with Gasteiger partial charge in [0.1, 0.15) is 5.76 Å². The number of rotatable bonds is 6. The van der Waals surface area contributed by atoms with Gasteiger partial charge < -0.3 is 4.74 Å². The van der Waals surface area contributed by atoms with Gasteiger partial charge in [-0.15, -0.1) is 0 Å². The van der Waals surface area contributed by atoms with Gasteiger partial charge in [-0.1, -0.05) is 91.9 Å². The van der Waals surface area contributed by atoms with Gasteiger partial charge in [0.05, 0.1) is 0 Å². The molecular weight excluding hydrogens is 284 g/mol. The van der Waals surface area contributed by atoms with Gasteiger partial charge in [-0.2, -0.15) is 0 Å². The lowest BCUT2D eigenvalue weighted by atomic mass is 10.1. The Morgan fingerprint density at radius 2 is 1.57 bits per heavy atom. The summed E-state index contributed by atoms with van der Waals surface area (Å²) in [5.74, 6) is 0.315. The van der Waals surface area contributed by atoms with Gasteiger partial charge in [-0.05, 0) is 11.6 Å². The highest BCUT2D eigenvalue weighted by atomic mass is 16.5. The molecule has 0 aromatic heterocycles. The van der Waals surface area contributed by atoms with E-state index in [1.165, 1.54) is 0 Å². The molecule has 0 spiro atoms. The van der Waals surface area contributed by atoms with E-state index in [0.29, 0.717) is 12.2 Å². The van der Waals surface area contributed by atoms with Crippen molar-refractivity contribution in [1.82, 2.24) is 0 Å². The lowest BCUT2D eigenvalue weighted by molar-refractivity contribution is -0.136. The van der Waals surface area contributed by atoms with Crippen molar-refractivity contribution in [3.05, 3.63) is 96.1 Å². The molecule has 23 heavy (non-hydrogen) atoms. The Kier molecular flexibility index (Phi) is 6.61. The number of benzene rings is 2. The molecule has 0 bridgehead atoms. The van der Waals surface area contributed by atoms with E-state index < -0.39 is 0 Å². The maximum atomic E-state index is 11.6. The lowest BCUT2D eigenvalue weighted by Crippen LogP contribution is -2.01. The van der Waals surface area contributed by atoms with Gasteiger partial charge in [-0.3, -0.25) is 4.79 Å². The topological polar surface area (TPSA) is 26.3 Å². The first-order valence-corrected chi connectivity index (χ1v) is 7.66. The van der Waals surface area contributed by atoms with Crippen molar-refractivity contribution in [3.8, 4) is 0 Å². The summed E-state index contributed by atoms with van der Waals surface area (Å²) in [6.07, 6.45) is 9.90. The van der Waals surface area contributed by atoms with Crippen LogP contribution in [0.15, 0.2) is 85.0 Å². The van der Waals surface area contributed by atoms with E-state index in [2.05, 4.69) is 0 Å². The predicted octanol–water partition coefficient (Wildman–Crippen LogP) is 5.25. The van der Waals surface area contributed by atoms with Crippen LogP contribution in [0.2, 0.25) is 0 Å². The molecule has 0 heterocycles. The summed E-state index contributed by atoms with van der Waals surface area (Å²) < 4.78 is 5.40. The third-order valence-corrected chi connectivity index (χ3v) is 3.13. The zero-order valence-corrected chi connectivity index (χ0v) is 13.2. The zero-order valence-electron chi connectivity index (χ0n) is 13.2. The summed E-state index contributed by atoms with van der Waals surface area (Å²) in [6, 6.07) is 19.7. The summed E-state index contributed by atoms with van der Waals surface area (Å²) >= 11 is 0. The van der Waals surface area contributed by atoms with Crippen molar-refractivity contribution < 1.29 is 9.53 Å². The number of ether oxygens (including phenoxy) is 1. The van der Waals surface area contributed by atoms with Gasteiger partial charge in [0.25, 0.3) is 0 Å². The Balaban J connectivity index is 2.09. The molecule has 0 aliphatic carbocycles. The standard InChI is InChI=1S/C21H20O2/c1-2-21(22)23-20(19-15-9-5-10-16-19)17-11-4-8-14-18-12-6-3-7-13-18/h3-17H,2H2,1H3. The molecule has 0 aliphatic rings. The van der Waals surface area contributed by atoms with E-state index in [0.717, 1.165) is 11.1 Å². The van der Waals surface area contributed by atoms with Crippen LogP contribution >= 0.6 is 0 Å². The minimum atomic E-state index is -0.242. The molecule has 0 amide bonds. The van der Waals surface area contributed by atoms with Crippen LogP contribution in [-0.2, 0) is 9.53 Å². The van der Waals surface area contributed by atoms with Crippen LogP contribution in [0.25, 0.3) is 11.8 Å². The van der Waals surface area contributed by atoms with Gasteiger partial charge in [0.15, 0.2) is 0 Å². The molecular formula is C21H20O2. The first-order chi connectivity index (χ1) is 11.3. The van der Waals surface area contributed by atoms with Crippen molar-refractivity contribution in [2.24, 2.45) is 0 Å². The molecule has 2 heteroatoms. The molecule has 2 aromatic rings. The van der Waals surface area contributed by atoms with E-state index in [1.54, 1.807) is 13.0 Å². The van der Waals surface area contributed by atoms with Crippen molar-refractivity contribution in [2.45, 2.75) is 13.3 Å². The Labute approximate surface area is 137 Å². The zero-order chi connectivity index (χ0) is 16.3. The monoisotopic (exact) mass is 304 g/mol. The van der Waals surface area contributed by atoms with E-state index in [9.17, 15) is 4.79 Å². The van der Waals surface area contributed by atoms with E-state index >= 15 is 0 Å². The second-order valence-corrected chi connectivity index (χ2v) is 4.88. The van der Waals surface area contributed by atoms with Crippen molar-refractivity contribution >= 4 is 17.8 Å². The molecule has 0 saturated carbocycles. The molecule has 0 N–H and O–H groups in total. The molecule has 0 unspecified atom stereocenters. The Bertz CT molecular complexity index is 695. The van der Waals surface area contributed by atoms with Crippen LogP contribution in [0.5, 0.6) is 0 Å². The second-order valence-electron chi connectivity index (χ2n) is 4.88. The van der Waals surface area contributed by atoms with Crippen LogP contribution in [0.4, 0.5) is 0 Å². The smallest absolute Gasteiger partial charge is 0.310 e. The van der Waals surface area contributed by atoms with Gasteiger partial charge >= 0.3 is 5.97 Å². The largest absolute Gasteiger partial charge is 0.426 e. The molecule has 2 nitrogen and oxygen atoms in total. The van der Waals surface area contributed by atoms with Crippen LogP contribution < -0.4 is 0 Å². The number of carbonyl (C=O) groups is 1. The lowest BCUT2D eigenvalue weighted by Gasteiger charge is -2.07. The van der Waals surface area contributed by atoms with Crippen LogP contribution in [0.3, 0.4) is 0 Å². The Morgan fingerprint density at radius 1 is 0.913 bits per heavy atom. The molecule has 0 radical (unpaired) electrons. The van der Waals surface area contributed by atoms with Gasteiger partial charge in [-0.25, -0.2) is 0 Å². The molecule has 2 rings (SSSR count). The van der Waals surface area contributed by atoms with Crippen LogP contribution in [-0.4, -0.2) is 5.97 Å². The van der Waals surface area contributed by atoms with Crippen LogP contribution in [0.1, 0.15) is 24.5 Å². The number of allylic oxidation sites excluding steroid dienone is 4. The average molecular weight is 304 g/mol. The maximum Gasteiger partial charge on any atom is 0.310 e. The fourth-order valence-corrected chi connectivity index (χ4v) is 1.92. The molecule has 0 atom stereocenters. The Morgan fingerprint density at radius 3 is 2.22 bits per heavy atom. The van der Waals surface area contributed by atoms with E-state index in [1.807, 2.05) is 85.0 Å². The Hall–Kier alpha value is -2.87. The van der Waals surface area contributed by atoms with Gasteiger partial charge in [0.2, 0.25) is 0 Å². The van der Waals surface area contributed by atoms with E-state index in [4.69, 9.17) is 4.74 Å². The minimum absolute atomic E-state index is 0.242. The van der Waals surface area contributed by atoms with Crippen LogP contribution in [0, 0.1) is 0 Å². The molecule has 0 aliphatic heterocycles. The summed E-state index contributed by atoms with van der Waals surface area (Å²) in [5, 5.41) is 0. The maximum absolute atomic E-state index is 11.6. The van der Waals surface area contributed by atoms with Crippen molar-refractivity contribution in [3.63, 3.8) is 0 Å². The normalized spacial score (nSPS) is 12.0. The summed E-state index contributed by atoms with van der Waals surface area (Å²) in [5.41, 5.74) is 2.02.